The molecule has 3 heteroatoms. The first-order valence-corrected chi connectivity index (χ1v) is 6.83. The first-order valence-electron chi connectivity index (χ1n) is 6.83. The van der Waals surface area contributed by atoms with E-state index in [0.29, 0.717) is 6.42 Å². The Morgan fingerprint density at radius 1 is 1.33 bits per heavy atom. The molecule has 1 aromatic carbocycles. The molecule has 1 aliphatic rings. The quantitative estimate of drug-likeness (QED) is 0.868. The molecule has 1 aliphatic heterocycles. The molecule has 1 atom stereocenters. The molecule has 1 saturated heterocycles. The zero-order valence-electron chi connectivity index (χ0n) is 11.3. The van der Waals surface area contributed by atoms with Crippen molar-refractivity contribution in [2.45, 2.75) is 39.2 Å². The predicted molar refractivity (Wildman–Crippen MR) is 74.9 cm³/mol. The summed E-state index contributed by atoms with van der Waals surface area (Å²) in [7, 11) is 0. The minimum Gasteiger partial charge on any atom is -0.314 e. The van der Waals surface area contributed by atoms with E-state index in [2.05, 4.69) is 43.4 Å². The lowest BCUT2D eigenvalue weighted by molar-refractivity contribution is -0.119. The number of carbonyl (C=O) groups excluding carboxylic acids is 1. The zero-order chi connectivity index (χ0) is 13.0. The van der Waals surface area contributed by atoms with E-state index in [1.807, 2.05) is 4.90 Å². The van der Waals surface area contributed by atoms with Gasteiger partial charge in [0.1, 0.15) is 0 Å². The fourth-order valence-electron chi connectivity index (χ4n) is 2.34. The lowest BCUT2D eigenvalue weighted by Gasteiger charge is -2.28. The number of carbonyl (C=O) groups is 1. The lowest BCUT2D eigenvalue weighted by Crippen LogP contribution is -2.42. The Morgan fingerprint density at radius 3 is 2.72 bits per heavy atom. The van der Waals surface area contributed by atoms with Crippen molar-refractivity contribution in [2.24, 2.45) is 0 Å². The second kappa shape index (κ2) is 6.01. The topological polar surface area (TPSA) is 32.3 Å². The van der Waals surface area contributed by atoms with Crippen LogP contribution in [0.2, 0.25) is 0 Å². The summed E-state index contributed by atoms with van der Waals surface area (Å²) in [4.78, 5) is 14.1. The molecule has 2 rings (SSSR count). The van der Waals surface area contributed by atoms with Gasteiger partial charge in [-0.05, 0) is 44.0 Å². The molecular weight excluding hydrogens is 224 g/mol. The minimum absolute atomic E-state index is 0.221. The number of hydrogen-bond acceptors (Lipinski definition) is 2. The van der Waals surface area contributed by atoms with Gasteiger partial charge in [-0.1, -0.05) is 19.1 Å². The van der Waals surface area contributed by atoms with Crippen molar-refractivity contribution in [3.05, 3.63) is 29.8 Å². The third-order valence-corrected chi connectivity index (χ3v) is 3.49. The molecule has 98 valence electrons. The number of nitrogens with zero attached hydrogens (tertiary/aromatic N) is 1. The highest BCUT2D eigenvalue weighted by atomic mass is 16.2. The summed E-state index contributed by atoms with van der Waals surface area (Å²) in [6.45, 7) is 6.01. The van der Waals surface area contributed by atoms with Gasteiger partial charge in [-0.15, -0.1) is 0 Å². The normalized spacial score (nSPS) is 21.6. The van der Waals surface area contributed by atoms with Crippen molar-refractivity contribution in [1.82, 2.24) is 5.32 Å². The molecule has 1 heterocycles. The summed E-state index contributed by atoms with van der Waals surface area (Å²) < 4.78 is 0. The molecule has 0 bridgehead atoms. The fraction of sp³-hybridized carbons (Fsp3) is 0.533. The Balaban J connectivity index is 2.15. The van der Waals surface area contributed by atoms with E-state index in [4.69, 9.17) is 0 Å². The predicted octanol–water partition coefficient (Wildman–Crippen LogP) is 2.35. The third kappa shape index (κ3) is 3.10. The van der Waals surface area contributed by atoms with E-state index >= 15 is 0 Å². The van der Waals surface area contributed by atoms with Crippen molar-refractivity contribution in [1.29, 1.82) is 0 Å². The van der Waals surface area contributed by atoms with Gasteiger partial charge in [0.2, 0.25) is 5.91 Å². The Bertz CT molecular complexity index is 399. The summed E-state index contributed by atoms with van der Waals surface area (Å²) in [5.41, 5.74) is 2.35. The van der Waals surface area contributed by atoms with Crippen LogP contribution < -0.4 is 10.2 Å². The molecule has 0 saturated carbocycles. The summed E-state index contributed by atoms with van der Waals surface area (Å²) in [5, 5.41) is 3.36. The Morgan fingerprint density at radius 2 is 2.06 bits per heavy atom. The van der Waals surface area contributed by atoms with Crippen LogP contribution in [0.4, 0.5) is 5.69 Å². The minimum atomic E-state index is 0.221. The van der Waals surface area contributed by atoms with Gasteiger partial charge in [0.25, 0.3) is 0 Å². The highest BCUT2D eigenvalue weighted by Gasteiger charge is 2.20. The summed E-state index contributed by atoms with van der Waals surface area (Å²) in [6, 6.07) is 8.63. The monoisotopic (exact) mass is 246 g/mol. The van der Waals surface area contributed by atoms with Gasteiger partial charge in [-0.2, -0.15) is 0 Å². The Kier molecular flexibility index (Phi) is 4.37. The molecule has 1 amide bonds. The van der Waals surface area contributed by atoms with E-state index in [-0.39, 0.29) is 11.9 Å². The lowest BCUT2D eigenvalue weighted by atomic mass is 10.1. The molecule has 0 spiro atoms. The van der Waals surface area contributed by atoms with Gasteiger partial charge in [0.15, 0.2) is 0 Å². The van der Waals surface area contributed by atoms with Crippen LogP contribution in [0.25, 0.3) is 0 Å². The number of rotatable bonds is 2. The number of nitrogens with one attached hydrogen (secondary N) is 1. The summed E-state index contributed by atoms with van der Waals surface area (Å²) in [6.07, 6.45) is 2.62. The van der Waals surface area contributed by atoms with E-state index in [1.54, 1.807) is 0 Å². The van der Waals surface area contributed by atoms with Gasteiger partial charge < -0.3 is 10.2 Å². The maximum absolute atomic E-state index is 12.2. The standard InChI is InChI=1S/C15H22N2O/c1-3-13-5-7-14(8-6-13)17-10-4-9-16-12(2)11-15(17)18/h5-8,12,16H,3-4,9-11H2,1-2H3. The number of amides is 1. The average Bonchev–Trinajstić information content (AvgIpc) is 2.37. The number of hydrogen-bond donors (Lipinski definition) is 1. The van der Waals surface area contributed by atoms with Crippen LogP contribution in [0, 0.1) is 0 Å². The van der Waals surface area contributed by atoms with E-state index in [1.165, 1.54) is 5.56 Å². The average molecular weight is 246 g/mol. The molecule has 1 aromatic rings. The Hall–Kier alpha value is -1.35. The van der Waals surface area contributed by atoms with Crippen LogP contribution >= 0.6 is 0 Å². The first kappa shape index (κ1) is 13.1. The molecule has 3 nitrogen and oxygen atoms in total. The van der Waals surface area contributed by atoms with Crippen LogP contribution in [0.3, 0.4) is 0 Å². The molecular formula is C15H22N2O. The van der Waals surface area contributed by atoms with Crippen molar-refractivity contribution in [3.8, 4) is 0 Å². The van der Waals surface area contributed by atoms with E-state index in [0.717, 1.165) is 31.6 Å². The highest BCUT2D eigenvalue weighted by Crippen LogP contribution is 2.18. The smallest absolute Gasteiger partial charge is 0.228 e. The number of anilines is 1. The van der Waals surface area contributed by atoms with Gasteiger partial charge in [0, 0.05) is 24.7 Å². The van der Waals surface area contributed by atoms with Crippen molar-refractivity contribution < 1.29 is 4.79 Å². The van der Waals surface area contributed by atoms with E-state index in [9.17, 15) is 4.79 Å². The van der Waals surface area contributed by atoms with Crippen LogP contribution in [0.15, 0.2) is 24.3 Å². The van der Waals surface area contributed by atoms with E-state index < -0.39 is 0 Å². The third-order valence-electron chi connectivity index (χ3n) is 3.49. The second-order valence-electron chi connectivity index (χ2n) is 4.98. The van der Waals surface area contributed by atoms with Gasteiger partial charge in [-0.25, -0.2) is 0 Å². The summed E-state index contributed by atoms with van der Waals surface area (Å²) >= 11 is 0. The van der Waals surface area contributed by atoms with Gasteiger partial charge in [0.05, 0.1) is 0 Å². The fourth-order valence-corrected chi connectivity index (χ4v) is 2.34. The zero-order valence-corrected chi connectivity index (χ0v) is 11.3. The molecule has 18 heavy (non-hydrogen) atoms. The molecule has 1 unspecified atom stereocenters. The largest absolute Gasteiger partial charge is 0.314 e. The van der Waals surface area contributed by atoms with Gasteiger partial charge in [-0.3, -0.25) is 4.79 Å². The number of benzene rings is 1. The van der Waals surface area contributed by atoms with Gasteiger partial charge >= 0.3 is 0 Å². The molecule has 0 radical (unpaired) electrons. The second-order valence-corrected chi connectivity index (χ2v) is 4.98. The van der Waals surface area contributed by atoms with Crippen LogP contribution in [-0.4, -0.2) is 25.0 Å². The molecule has 1 fully saturated rings. The van der Waals surface area contributed by atoms with Crippen LogP contribution in [0.1, 0.15) is 32.3 Å². The first-order chi connectivity index (χ1) is 8.70. The highest BCUT2D eigenvalue weighted by molar-refractivity contribution is 5.93. The van der Waals surface area contributed by atoms with Crippen LogP contribution in [0.5, 0.6) is 0 Å². The van der Waals surface area contributed by atoms with Crippen molar-refractivity contribution in [3.63, 3.8) is 0 Å². The Labute approximate surface area is 109 Å². The van der Waals surface area contributed by atoms with Crippen molar-refractivity contribution >= 4 is 11.6 Å². The van der Waals surface area contributed by atoms with Crippen molar-refractivity contribution in [2.75, 3.05) is 18.0 Å². The number of aryl methyl sites for hydroxylation is 1. The molecule has 1 N–H and O–H groups in total. The maximum Gasteiger partial charge on any atom is 0.228 e. The molecule has 0 aliphatic carbocycles. The van der Waals surface area contributed by atoms with Crippen LogP contribution in [-0.2, 0) is 11.2 Å². The SMILES string of the molecule is CCc1ccc(N2CCCNC(C)CC2=O)cc1. The summed E-state index contributed by atoms with van der Waals surface area (Å²) in [5.74, 6) is 0.221. The molecule has 0 aromatic heterocycles. The maximum atomic E-state index is 12.2.